The van der Waals surface area contributed by atoms with Crippen LogP contribution in [0.1, 0.15) is 0 Å². The summed E-state index contributed by atoms with van der Waals surface area (Å²) in [6.45, 7) is 1.44. The molecule has 1 aromatic carbocycles. The van der Waals surface area contributed by atoms with Gasteiger partial charge < -0.3 is 20.5 Å². The van der Waals surface area contributed by atoms with E-state index in [1.165, 1.54) is 6.07 Å². The van der Waals surface area contributed by atoms with Gasteiger partial charge in [-0.1, -0.05) is 0 Å². The molecule has 0 spiro atoms. The van der Waals surface area contributed by atoms with E-state index in [9.17, 15) is 14.3 Å². The summed E-state index contributed by atoms with van der Waals surface area (Å²) in [5.41, 5.74) is 5.13. The minimum atomic E-state index is -1.09. The van der Waals surface area contributed by atoms with Gasteiger partial charge in [0.25, 0.3) is 0 Å². The average molecular weight is 272 g/mol. The SMILES string of the molecule is NC(=O)Oc1cc(F)c(N2CCSCC2)cc1O. The van der Waals surface area contributed by atoms with Gasteiger partial charge in [-0.2, -0.15) is 11.8 Å². The van der Waals surface area contributed by atoms with Gasteiger partial charge >= 0.3 is 6.09 Å². The van der Waals surface area contributed by atoms with Gasteiger partial charge in [0.1, 0.15) is 5.82 Å². The lowest BCUT2D eigenvalue weighted by atomic mass is 10.2. The number of primary amides is 1. The number of hydrogen-bond donors (Lipinski definition) is 2. The number of halogens is 1. The van der Waals surface area contributed by atoms with Crippen molar-refractivity contribution in [1.82, 2.24) is 0 Å². The van der Waals surface area contributed by atoms with Crippen LogP contribution in [-0.4, -0.2) is 35.8 Å². The van der Waals surface area contributed by atoms with Crippen LogP contribution in [0, 0.1) is 5.82 Å². The lowest BCUT2D eigenvalue weighted by molar-refractivity contribution is 0.208. The van der Waals surface area contributed by atoms with Crippen molar-refractivity contribution in [3.63, 3.8) is 0 Å². The number of carbonyl (C=O) groups is 1. The highest BCUT2D eigenvalue weighted by molar-refractivity contribution is 7.99. The van der Waals surface area contributed by atoms with Gasteiger partial charge in [-0.25, -0.2) is 9.18 Å². The molecule has 5 nitrogen and oxygen atoms in total. The fourth-order valence-corrected chi connectivity index (χ4v) is 2.67. The molecule has 0 radical (unpaired) electrons. The van der Waals surface area contributed by atoms with Crippen molar-refractivity contribution in [2.75, 3.05) is 29.5 Å². The van der Waals surface area contributed by atoms with Gasteiger partial charge in [-0.05, 0) is 0 Å². The van der Waals surface area contributed by atoms with Crippen molar-refractivity contribution in [2.24, 2.45) is 5.73 Å². The van der Waals surface area contributed by atoms with Gasteiger partial charge in [0.15, 0.2) is 11.5 Å². The minimum Gasteiger partial charge on any atom is -0.504 e. The Morgan fingerprint density at radius 1 is 1.44 bits per heavy atom. The van der Waals surface area contributed by atoms with Crippen molar-refractivity contribution in [2.45, 2.75) is 0 Å². The number of rotatable bonds is 2. The molecule has 18 heavy (non-hydrogen) atoms. The molecule has 0 saturated carbocycles. The predicted octanol–water partition coefficient (Wildman–Crippen LogP) is 1.54. The number of nitrogens with two attached hydrogens (primary N) is 1. The number of phenolic OH excluding ortho intramolecular Hbond substituents is 1. The highest BCUT2D eigenvalue weighted by Crippen LogP contribution is 2.34. The summed E-state index contributed by atoms with van der Waals surface area (Å²) in [6, 6.07) is 2.22. The second-order valence-corrected chi connectivity index (χ2v) is 5.02. The normalized spacial score (nSPS) is 15.5. The molecule has 0 aromatic heterocycles. The van der Waals surface area contributed by atoms with Gasteiger partial charge in [0.05, 0.1) is 5.69 Å². The maximum Gasteiger partial charge on any atom is 0.410 e. The fourth-order valence-electron chi connectivity index (χ4n) is 1.77. The number of ether oxygens (including phenoxy) is 1. The van der Waals surface area contributed by atoms with Gasteiger partial charge in [0, 0.05) is 36.7 Å². The van der Waals surface area contributed by atoms with Crippen molar-refractivity contribution in [3.8, 4) is 11.5 Å². The van der Waals surface area contributed by atoms with E-state index < -0.39 is 11.9 Å². The number of nitrogens with zero attached hydrogens (tertiary/aromatic N) is 1. The number of carbonyl (C=O) groups excluding carboxylic acids is 1. The van der Waals surface area contributed by atoms with Crippen LogP contribution in [0.3, 0.4) is 0 Å². The summed E-state index contributed by atoms with van der Waals surface area (Å²) in [4.78, 5) is 12.4. The molecule has 98 valence electrons. The van der Waals surface area contributed by atoms with Crippen LogP contribution in [0.5, 0.6) is 11.5 Å². The average Bonchev–Trinajstić information content (AvgIpc) is 2.34. The van der Waals surface area contributed by atoms with Crippen LogP contribution in [0.4, 0.5) is 14.9 Å². The molecule has 1 aliphatic rings. The summed E-state index contributed by atoms with van der Waals surface area (Å²) >= 11 is 1.80. The molecule has 0 aliphatic carbocycles. The Bertz CT molecular complexity index is 464. The molecular weight excluding hydrogens is 259 g/mol. The molecule has 0 atom stereocenters. The minimum absolute atomic E-state index is 0.268. The molecule has 1 amide bonds. The number of anilines is 1. The second kappa shape index (κ2) is 5.34. The van der Waals surface area contributed by atoms with Crippen LogP contribution < -0.4 is 15.4 Å². The molecule has 3 N–H and O–H groups in total. The van der Waals surface area contributed by atoms with Crippen molar-refractivity contribution >= 4 is 23.5 Å². The van der Waals surface area contributed by atoms with Gasteiger partial charge in [-0.3, -0.25) is 0 Å². The van der Waals surface area contributed by atoms with E-state index in [-0.39, 0.29) is 11.5 Å². The summed E-state index contributed by atoms with van der Waals surface area (Å²) in [6.07, 6.45) is -1.09. The third-order valence-corrected chi connectivity index (χ3v) is 3.53. The van der Waals surface area contributed by atoms with Crippen LogP contribution >= 0.6 is 11.8 Å². The first-order valence-corrected chi connectivity index (χ1v) is 6.56. The van der Waals surface area contributed by atoms with Crippen LogP contribution in [0.2, 0.25) is 0 Å². The number of aromatic hydroxyl groups is 1. The molecule has 1 saturated heterocycles. The summed E-state index contributed by atoms with van der Waals surface area (Å²) in [7, 11) is 0. The first-order valence-electron chi connectivity index (χ1n) is 5.40. The molecule has 1 aromatic rings. The number of phenols is 1. The smallest absolute Gasteiger partial charge is 0.410 e. The number of amides is 1. The summed E-state index contributed by atoms with van der Waals surface area (Å²) in [5.74, 6) is 0.717. The summed E-state index contributed by atoms with van der Waals surface area (Å²) < 4.78 is 18.4. The van der Waals surface area contributed by atoms with E-state index in [2.05, 4.69) is 4.74 Å². The van der Waals surface area contributed by atoms with Crippen molar-refractivity contribution in [3.05, 3.63) is 17.9 Å². The third kappa shape index (κ3) is 2.79. The Morgan fingerprint density at radius 2 is 2.11 bits per heavy atom. The monoisotopic (exact) mass is 272 g/mol. The Balaban J connectivity index is 2.26. The Hall–Kier alpha value is -1.63. The maximum atomic E-state index is 13.9. The van der Waals surface area contributed by atoms with E-state index in [1.54, 1.807) is 11.8 Å². The van der Waals surface area contributed by atoms with Crippen LogP contribution in [0.25, 0.3) is 0 Å². The van der Waals surface area contributed by atoms with Gasteiger partial charge in [0.2, 0.25) is 0 Å². The lowest BCUT2D eigenvalue weighted by Crippen LogP contribution is -2.33. The van der Waals surface area contributed by atoms with Crippen molar-refractivity contribution < 1.29 is 19.0 Å². The molecule has 0 unspecified atom stereocenters. The zero-order valence-corrected chi connectivity index (χ0v) is 10.4. The quantitative estimate of drug-likeness (QED) is 0.854. The molecule has 7 heteroatoms. The number of thioether (sulfide) groups is 1. The predicted molar refractivity (Wildman–Crippen MR) is 67.8 cm³/mol. The van der Waals surface area contributed by atoms with Crippen LogP contribution in [-0.2, 0) is 0 Å². The Kier molecular flexibility index (Phi) is 3.81. The highest BCUT2D eigenvalue weighted by atomic mass is 32.2. The number of benzene rings is 1. The molecular formula is C11H13FN2O3S. The molecule has 1 fully saturated rings. The largest absolute Gasteiger partial charge is 0.504 e. The standard InChI is InChI=1S/C11H13FN2O3S/c12-7-5-10(17-11(13)16)9(15)6-8(7)14-1-3-18-4-2-14/h5-6,15H,1-4H2,(H2,13,16). The first kappa shape index (κ1) is 12.8. The van der Waals surface area contributed by atoms with Crippen LogP contribution in [0.15, 0.2) is 12.1 Å². The first-order chi connectivity index (χ1) is 8.58. The Labute approximate surface area is 108 Å². The van der Waals surface area contributed by atoms with E-state index in [1.807, 2.05) is 4.90 Å². The van der Waals surface area contributed by atoms with E-state index in [0.29, 0.717) is 5.69 Å². The molecule has 1 aliphatic heterocycles. The van der Waals surface area contributed by atoms with E-state index in [4.69, 9.17) is 5.73 Å². The third-order valence-electron chi connectivity index (χ3n) is 2.59. The Morgan fingerprint density at radius 3 is 2.72 bits per heavy atom. The highest BCUT2D eigenvalue weighted by Gasteiger charge is 2.18. The molecule has 2 rings (SSSR count). The second-order valence-electron chi connectivity index (χ2n) is 3.79. The van der Waals surface area contributed by atoms with E-state index in [0.717, 1.165) is 30.7 Å². The van der Waals surface area contributed by atoms with E-state index >= 15 is 0 Å². The number of hydrogen-bond acceptors (Lipinski definition) is 5. The van der Waals surface area contributed by atoms with Crippen molar-refractivity contribution in [1.29, 1.82) is 0 Å². The molecule has 0 bridgehead atoms. The maximum absolute atomic E-state index is 13.9. The zero-order chi connectivity index (χ0) is 13.1. The van der Waals surface area contributed by atoms with Gasteiger partial charge in [-0.15, -0.1) is 0 Å². The summed E-state index contributed by atoms with van der Waals surface area (Å²) in [5, 5.41) is 9.66. The lowest BCUT2D eigenvalue weighted by Gasteiger charge is -2.29. The fraction of sp³-hybridized carbons (Fsp3) is 0.364. The molecule has 1 heterocycles. The topological polar surface area (TPSA) is 75.8 Å². The zero-order valence-electron chi connectivity index (χ0n) is 9.56.